The summed E-state index contributed by atoms with van der Waals surface area (Å²) in [5.41, 5.74) is 0.994. The third-order valence-electron chi connectivity index (χ3n) is 3.94. The van der Waals surface area contributed by atoms with E-state index >= 15 is 0 Å². The SMILES string of the molecule is CCOC(=O)/C=C/c1ccccc1N1CCN(C(=O)OC(C)(C)C)CC1O. The normalized spacial score (nSPS) is 17.9. The fourth-order valence-corrected chi connectivity index (χ4v) is 2.78. The zero-order valence-electron chi connectivity index (χ0n) is 16.3. The van der Waals surface area contributed by atoms with Gasteiger partial charge >= 0.3 is 12.1 Å². The first kappa shape index (κ1) is 20.8. The molecule has 7 nitrogen and oxygen atoms in total. The van der Waals surface area contributed by atoms with Crippen LogP contribution in [0.4, 0.5) is 10.5 Å². The van der Waals surface area contributed by atoms with Crippen LogP contribution >= 0.6 is 0 Å². The van der Waals surface area contributed by atoms with Gasteiger partial charge in [-0.1, -0.05) is 18.2 Å². The lowest BCUT2D eigenvalue weighted by Gasteiger charge is -2.40. The molecule has 1 unspecified atom stereocenters. The Morgan fingerprint density at radius 3 is 2.59 bits per heavy atom. The number of β-amino-alcohol motifs (C(OH)–C–C–N with tert-alkyl or cyclic N) is 1. The molecule has 1 fully saturated rings. The number of anilines is 1. The molecule has 0 radical (unpaired) electrons. The van der Waals surface area contributed by atoms with Gasteiger partial charge in [-0.3, -0.25) is 0 Å². The Balaban J connectivity index is 2.10. The van der Waals surface area contributed by atoms with E-state index in [4.69, 9.17) is 9.47 Å². The highest BCUT2D eigenvalue weighted by Gasteiger charge is 2.31. The van der Waals surface area contributed by atoms with Crippen LogP contribution in [0.2, 0.25) is 0 Å². The largest absolute Gasteiger partial charge is 0.463 e. The standard InChI is InChI=1S/C20H28N2O5/c1-5-26-18(24)11-10-15-8-6-7-9-16(15)22-13-12-21(14-17(22)23)19(25)27-20(2,3)4/h6-11,17,23H,5,12-14H2,1-4H3/b11-10+. The average molecular weight is 376 g/mol. The summed E-state index contributed by atoms with van der Waals surface area (Å²) in [5, 5.41) is 10.6. The maximum atomic E-state index is 12.2. The van der Waals surface area contributed by atoms with Gasteiger partial charge in [-0.05, 0) is 45.4 Å². The fraction of sp³-hybridized carbons (Fsp3) is 0.500. The highest BCUT2D eigenvalue weighted by atomic mass is 16.6. The monoisotopic (exact) mass is 376 g/mol. The molecule has 1 heterocycles. The van der Waals surface area contributed by atoms with Gasteiger partial charge in [0.05, 0.1) is 13.2 Å². The van der Waals surface area contributed by atoms with Crippen LogP contribution in [0.25, 0.3) is 6.08 Å². The van der Waals surface area contributed by atoms with E-state index in [1.165, 1.54) is 11.0 Å². The predicted molar refractivity (Wildman–Crippen MR) is 103 cm³/mol. The molecule has 1 N–H and O–H groups in total. The molecular weight excluding hydrogens is 348 g/mol. The van der Waals surface area contributed by atoms with E-state index in [-0.39, 0.29) is 6.54 Å². The Bertz CT molecular complexity index is 696. The van der Waals surface area contributed by atoms with Crippen molar-refractivity contribution in [2.75, 3.05) is 31.1 Å². The van der Waals surface area contributed by atoms with Gasteiger partial charge in [-0.15, -0.1) is 0 Å². The van der Waals surface area contributed by atoms with Crippen LogP contribution in [-0.4, -0.2) is 60.1 Å². The lowest BCUT2D eigenvalue weighted by molar-refractivity contribution is -0.137. The van der Waals surface area contributed by atoms with E-state index in [2.05, 4.69) is 0 Å². The first-order valence-electron chi connectivity index (χ1n) is 9.07. The van der Waals surface area contributed by atoms with Crippen molar-refractivity contribution < 1.29 is 24.2 Å². The number of aliphatic hydroxyl groups excluding tert-OH is 1. The van der Waals surface area contributed by atoms with Gasteiger partial charge in [0.25, 0.3) is 0 Å². The minimum atomic E-state index is -0.872. The number of carbonyl (C=O) groups excluding carboxylic acids is 2. The van der Waals surface area contributed by atoms with Crippen molar-refractivity contribution in [2.24, 2.45) is 0 Å². The number of rotatable bonds is 4. The van der Waals surface area contributed by atoms with Crippen molar-refractivity contribution in [1.29, 1.82) is 0 Å². The van der Waals surface area contributed by atoms with Crippen molar-refractivity contribution in [2.45, 2.75) is 39.5 Å². The summed E-state index contributed by atoms with van der Waals surface area (Å²) >= 11 is 0. The molecule has 1 aromatic carbocycles. The molecule has 1 amide bonds. The van der Waals surface area contributed by atoms with Gasteiger partial charge in [0.15, 0.2) is 0 Å². The third-order valence-corrected chi connectivity index (χ3v) is 3.94. The van der Waals surface area contributed by atoms with Gasteiger partial charge in [0.1, 0.15) is 11.8 Å². The molecule has 2 rings (SSSR count). The lowest BCUT2D eigenvalue weighted by Crippen LogP contribution is -2.55. The molecule has 0 saturated carbocycles. The van der Waals surface area contributed by atoms with Crippen molar-refractivity contribution in [3.05, 3.63) is 35.9 Å². The summed E-state index contributed by atoms with van der Waals surface area (Å²) < 4.78 is 10.3. The van der Waals surface area contributed by atoms with Gasteiger partial charge in [0.2, 0.25) is 0 Å². The van der Waals surface area contributed by atoms with E-state index in [0.717, 1.165) is 11.3 Å². The minimum absolute atomic E-state index is 0.144. The van der Waals surface area contributed by atoms with Gasteiger partial charge in [-0.25, -0.2) is 9.59 Å². The number of hydrogen-bond donors (Lipinski definition) is 1. The highest BCUT2D eigenvalue weighted by Crippen LogP contribution is 2.26. The number of aliphatic hydroxyl groups is 1. The second-order valence-corrected chi connectivity index (χ2v) is 7.24. The van der Waals surface area contributed by atoms with E-state index in [1.54, 1.807) is 13.0 Å². The van der Waals surface area contributed by atoms with Crippen molar-refractivity contribution in [3.63, 3.8) is 0 Å². The maximum Gasteiger partial charge on any atom is 0.410 e. The summed E-state index contributed by atoms with van der Waals surface area (Å²) in [4.78, 5) is 27.1. The number of nitrogens with zero attached hydrogens (tertiary/aromatic N) is 2. The van der Waals surface area contributed by atoms with E-state index in [9.17, 15) is 14.7 Å². The molecule has 1 aliphatic heterocycles. The Hall–Kier alpha value is -2.54. The summed E-state index contributed by atoms with van der Waals surface area (Å²) in [5.74, 6) is -0.414. The quantitative estimate of drug-likeness (QED) is 0.643. The van der Waals surface area contributed by atoms with Crippen molar-refractivity contribution in [1.82, 2.24) is 4.90 Å². The first-order chi connectivity index (χ1) is 12.7. The summed E-state index contributed by atoms with van der Waals surface area (Å²) in [6, 6.07) is 7.46. The minimum Gasteiger partial charge on any atom is -0.463 e. The molecule has 1 saturated heterocycles. The van der Waals surface area contributed by atoms with Crippen LogP contribution in [0.1, 0.15) is 33.3 Å². The molecule has 7 heteroatoms. The molecule has 1 aliphatic rings. The zero-order valence-corrected chi connectivity index (χ0v) is 16.3. The van der Waals surface area contributed by atoms with Gasteiger partial charge in [0, 0.05) is 24.9 Å². The van der Waals surface area contributed by atoms with Crippen molar-refractivity contribution in [3.8, 4) is 0 Å². The van der Waals surface area contributed by atoms with Crippen LogP contribution in [0.5, 0.6) is 0 Å². The number of amides is 1. The second kappa shape index (κ2) is 8.90. The molecule has 1 atom stereocenters. The molecule has 148 valence electrons. The Kier molecular flexibility index (Phi) is 6.85. The second-order valence-electron chi connectivity index (χ2n) is 7.24. The van der Waals surface area contributed by atoms with E-state index in [1.807, 2.05) is 49.9 Å². The summed E-state index contributed by atoms with van der Waals surface area (Å²) in [6.07, 6.45) is 1.73. The number of hydrogen-bond acceptors (Lipinski definition) is 6. The Morgan fingerprint density at radius 1 is 1.26 bits per heavy atom. The van der Waals surface area contributed by atoms with Crippen LogP contribution in [0.15, 0.2) is 30.3 Å². The molecule has 0 spiro atoms. The summed E-state index contributed by atoms with van der Waals surface area (Å²) in [7, 11) is 0. The molecular formula is C20H28N2O5. The number of benzene rings is 1. The van der Waals surface area contributed by atoms with Gasteiger partial charge < -0.3 is 24.4 Å². The van der Waals surface area contributed by atoms with Crippen LogP contribution < -0.4 is 4.90 Å². The number of para-hydroxylation sites is 1. The fourth-order valence-electron chi connectivity index (χ4n) is 2.78. The lowest BCUT2D eigenvalue weighted by atomic mass is 10.1. The molecule has 0 aromatic heterocycles. The van der Waals surface area contributed by atoms with Crippen LogP contribution in [-0.2, 0) is 14.3 Å². The number of esters is 1. The number of carbonyl (C=O) groups is 2. The van der Waals surface area contributed by atoms with E-state index in [0.29, 0.717) is 19.7 Å². The maximum absolute atomic E-state index is 12.2. The number of ether oxygens (including phenoxy) is 2. The molecule has 27 heavy (non-hydrogen) atoms. The molecule has 0 bridgehead atoms. The highest BCUT2D eigenvalue weighted by molar-refractivity contribution is 5.88. The zero-order chi connectivity index (χ0) is 20.0. The first-order valence-corrected chi connectivity index (χ1v) is 9.07. The van der Waals surface area contributed by atoms with E-state index < -0.39 is 23.9 Å². The van der Waals surface area contributed by atoms with Crippen LogP contribution in [0.3, 0.4) is 0 Å². The van der Waals surface area contributed by atoms with Crippen LogP contribution in [0, 0.1) is 0 Å². The summed E-state index contributed by atoms with van der Waals surface area (Å²) in [6.45, 7) is 8.52. The number of piperazine rings is 1. The Morgan fingerprint density at radius 2 is 1.96 bits per heavy atom. The molecule has 1 aromatic rings. The van der Waals surface area contributed by atoms with Gasteiger partial charge in [-0.2, -0.15) is 0 Å². The predicted octanol–water partition coefficient (Wildman–Crippen LogP) is 2.64. The van der Waals surface area contributed by atoms with Crippen molar-refractivity contribution >= 4 is 23.8 Å². The molecule has 0 aliphatic carbocycles. The topological polar surface area (TPSA) is 79.3 Å². The average Bonchev–Trinajstić information content (AvgIpc) is 2.59. The smallest absolute Gasteiger partial charge is 0.410 e. The Labute approximate surface area is 160 Å². The third kappa shape index (κ3) is 5.99.